The summed E-state index contributed by atoms with van der Waals surface area (Å²) in [6.45, 7) is 1.33. The van der Waals surface area contributed by atoms with Crippen molar-refractivity contribution in [3.63, 3.8) is 0 Å². The molecule has 0 atom stereocenters. The molecule has 1 saturated heterocycles. The predicted octanol–water partition coefficient (Wildman–Crippen LogP) is 1.73. The average Bonchev–Trinajstić information content (AvgIpc) is 2.58. The monoisotopic (exact) mass is 301 g/mol. The van der Waals surface area contributed by atoms with Crippen LogP contribution in [0, 0.1) is 5.82 Å². The molecule has 0 saturated carbocycles. The molecule has 7 heteroatoms. The van der Waals surface area contributed by atoms with E-state index >= 15 is 0 Å². The minimum atomic E-state index is -0.455. The Bertz CT molecular complexity index is 626. The fraction of sp³-hybridized carbons (Fsp3) is 0.333. The first kappa shape index (κ1) is 14.4. The maximum absolute atomic E-state index is 12.8. The molecule has 0 radical (unpaired) electrons. The van der Waals surface area contributed by atoms with Crippen molar-refractivity contribution in [3.05, 3.63) is 48.3 Å². The van der Waals surface area contributed by atoms with E-state index in [9.17, 15) is 9.18 Å². The van der Waals surface area contributed by atoms with Gasteiger partial charge in [-0.1, -0.05) is 0 Å². The van der Waals surface area contributed by atoms with Crippen LogP contribution >= 0.6 is 0 Å². The number of nitrogens with zero attached hydrogens (tertiary/aromatic N) is 4. The van der Waals surface area contributed by atoms with Crippen LogP contribution in [0.4, 0.5) is 10.3 Å². The van der Waals surface area contributed by atoms with Gasteiger partial charge >= 0.3 is 0 Å². The van der Waals surface area contributed by atoms with Gasteiger partial charge in [0.1, 0.15) is 0 Å². The second-order valence-corrected chi connectivity index (χ2v) is 5.17. The van der Waals surface area contributed by atoms with Gasteiger partial charge < -0.3 is 10.2 Å². The second-order valence-electron chi connectivity index (χ2n) is 5.17. The molecule has 6 nitrogen and oxygen atoms in total. The average molecular weight is 301 g/mol. The number of hydrogen-bond donors (Lipinski definition) is 1. The lowest BCUT2D eigenvalue weighted by Crippen LogP contribution is -2.42. The van der Waals surface area contributed by atoms with Gasteiger partial charge in [-0.15, -0.1) is 0 Å². The number of hydrogen-bond acceptors (Lipinski definition) is 5. The summed E-state index contributed by atoms with van der Waals surface area (Å²) in [6.07, 6.45) is 7.12. The number of pyridine rings is 1. The lowest BCUT2D eigenvalue weighted by atomic mass is 10.0. The van der Waals surface area contributed by atoms with Crippen LogP contribution in [0.25, 0.3) is 0 Å². The van der Waals surface area contributed by atoms with Gasteiger partial charge in [0.2, 0.25) is 5.95 Å². The van der Waals surface area contributed by atoms with Gasteiger partial charge in [0.15, 0.2) is 5.82 Å². The van der Waals surface area contributed by atoms with Crippen LogP contribution in [0.1, 0.15) is 23.2 Å². The molecule has 0 unspecified atom stereocenters. The van der Waals surface area contributed by atoms with Crippen molar-refractivity contribution in [1.29, 1.82) is 0 Å². The van der Waals surface area contributed by atoms with Crippen molar-refractivity contribution >= 4 is 11.9 Å². The van der Waals surface area contributed by atoms with Crippen LogP contribution in [0.15, 0.2) is 36.9 Å². The first-order valence-corrected chi connectivity index (χ1v) is 7.16. The number of anilines is 1. The summed E-state index contributed by atoms with van der Waals surface area (Å²) in [7, 11) is 0. The van der Waals surface area contributed by atoms with Gasteiger partial charge in [-0.2, -0.15) is 0 Å². The maximum atomic E-state index is 12.8. The zero-order chi connectivity index (χ0) is 15.4. The molecule has 0 bridgehead atoms. The highest BCUT2D eigenvalue weighted by Crippen LogP contribution is 2.16. The Morgan fingerprint density at radius 2 is 1.82 bits per heavy atom. The highest BCUT2D eigenvalue weighted by Gasteiger charge is 2.23. The predicted molar refractivity (Wildman–Crippen MR) is 78.8 cm³/mol. The quantitative estimate of drug-likeness (QED) is 0.935. The molecular formula is C15H16FN5O. The fourth-order valence-electron chi connectivity index (χ4n) is 2.47. The van der Waals surface area contributed by atoms with Crippen molar-refractivity contribution in [2.75, 3.05) is 18.4 Å². The summed E-state index contributed by atoms with van der Waals surface area (Å²) in [5.41, 5.74) is 0.656. The van der Waals surface area contributed by atoms with E-state index in [1.165, 1.54) is 0 Å². The molecule has 0 aromatic carbocycles. The van der Waals surface area contributed by atoms with Crippen molar-refractivity contribution in [2.24, 2.45) is 0 Å². The number of rotatable bonds is 3. The molecule has 22 heavy (non-hydrogen) atoms. The number of nitrogens with one attached hydrogen (secondary N) is 1. The molecule has 1 N–H and O–H groups in total. The number of amides is 1. The minimum Gasteiger partial charge on any atom is -0.351 e. The Morgan fingerprint density at radius 1 is 1.18 bits per heavy atom. The summed E-state index contributed by atoms with van der Waals surface area (Å²) < 4.78 is 12.8. The van der Waals surface area contributed by atoms with Crippen molar-refractivity contribution in [3.8, 4) is 0 Å². The molecule has 1 aliphatic heterocycles. The van der Waals surface area contributed by atoms with Crippen molar-refractivity contribution in [1.82, 2.24) is 19.9 Å². The lowest BCUT2D eigenvalue weighted by Gasteiger charge is -2.32. The number of halogens is 1. The first-order chi connectivity index (χ1) is 10.7. The molecule has 114 valence electrons. The Balaban J connectivity index is 1.54. The van der Waals surface area contributed by atoms with E-state index in [2.05, 4.69) is 20.3 Å². The van der Waals surface area contributed by atoms with Gasteiger partial charge in [0.25, 0.3) is 5.91 Å². The first-order valence-electron chi connectivity index (χ1n) is 7.16. The van der Waals surface area contributed by atoms with E-state index in [-0.39, 0.29) is 11.9 Å². The molecule has 2 aromatic heterocycles. The summed E-state index contributed by atoms with van der Waals surface area (Å²) in [6, 6.07) is 3.63. The van der Waals surface area contributed by atoms with Crippen LogP contribution in [0.2, 0.25) is 0 Å². The van der Waals surface area contributed by atoms with Crippen LogP contribution in [0.3, 0.4) is 0 Å². The highest BCUT2D eigenvalue weighted by atomic mass is 19.1. The molecule has 3 rings (SSSR count). The van der Waals surface area contributed by atoms with E-state index in [4.69, 9.17) is 0 Å². The molecule has 2 aromatic rings. The number of carbonyl (C=O) groups excluding carboxylic acids is 1. The van der Waals surface area contributed by atoms with Gasteiger partial charge in [-0.25, -0.2) is 14.4 Å². The third kappa shape index (κ3) is 3.36. The SMILES string of the molecule is O=C(c1ccncc1)N1CCC(Nc2ncc(F)cn2)CC1. The van der Waals surface area contributed by atoms with Gasteiger partial charge in [0, 0.05) is 37.1 Å². The third-order valence-electron chi connectivity index (χ3n) is 3.66. The standard InChI is InChI=1S/C15H16FN5O/c16-12-9-18-15(19-10-12)20-13-3-7-21(8-4-13)14(22)11-1-5-17-6-2-11/h1-2,5-6,9-10,13H,3-4,7-8H2,(H,18,19,20). The lowest BCUT2D eigenvalue weighted by molar-refractivity contribution is 0.0718. The molecule has 0 aliphatic carbocycles. The third-order valence-corrected chi connectivity index (χ3v) is 3.66. The largest absolute Gasteiger partial charge is 0.351 e. The molecule has 0 spiro atoms. The number of aromatic nitrogens is 3. The summed E-state index contributed by atoms with van der Waals surface area (Å²) in [5, 5.41) is 3.17. The van der Waals surface area contributed by atoms with Gasteiger partial charge in [-0.3, -0.25) is 9.78 Å². The minimum absolute atomic E-state index is 0.0267. The number of likely N-dealkylation sites (tertiary alicyclic amines) is 1. The van der Waals surface area contributed by atoms with Crippen LogP contribution in [0.5, 0.6) is 0 Å². The van der Waals surface area contributed by atoms with Crippen molar-refractivity contribution < 1.29 is 9.18 Å². The van der Waals surface area contributed by atoms with E-state index in [1.807, 2.05) is 4.90 Å². The summed E-state index contributed by atoms with van der Waals surface area (Å²) >= 11 is 0. The zero-order valence-electron chi connectivity index (χ0n) is 11.9. The van der Waals surface area contributed by atoms with Crippen LogP contribution < -0.4 is 5.32 Å². The Labute approximate surface area is 127 Å². The second kappa shape index (κ2) is 6.46. The summed E-state index contributed by atoms with van der Waals surface area (Å²) in [5.74, 6) is -0.0116. The smallest absolute Gasteiger partial charge is 0.253 e. The van der Waals surface area contributed by atoms with Crippen molar-refractivity contribution in [2.45, 2.75) is 18.9 Å². The molecule has 1 fully saturated rings. The Morgan fingerprint density at radius 3 is 2.45 bits per heavy atom. The molecular weight excluding hydrogens is 285 g/mol. The molecule has 3 heterocycles. The number of piperidine rings is 1. The van der Waals surface area contributed by atoms with Gasteiger partial charge in [0.05, 0.1) is 12.4 Å². The van der Waals surface area contributed by atoms with Crippen LogP contribution in [-0.2, 0) is 0 Å². The maximum Gasteiger partial charge on any atom is 0.253 e. The van der Waals surface area contributed by atoms with Crippen LogP contribution in [-0.4, -0.2) is 44.9 Å². The summed E-state index contributed by atoms with van der Waals surface area (Å²) in [4.78, 5) is 25.8. The fourth-order valence-corrected chi connectivity index (χ4v) is 2.47. The normalized spacial score (nSPS) is 15.6. The molecule has 1 amide bonds. The Hall–Kier alpha value is -2.57. The van der Waals surface area contributed by atoms with E-state index in [0.29, 0.717) is 24.6 Å². The van der Waals surface area contributed by atoms with Gasteiger partial charge in [-0.05, 0) is 25.0 Å². The van der Waals surface area contributed by atoms with E-state index < -0.39 is 5.82 Å². The zero-order valence-corrected chi connectivity index (χ0v) is 11.9. The Kier molecular flexibility index (Phi) is 4.22. The topological polar surface area (TPSA) is 71.0 Å². The van der Waals surface area contributed by atoms with E-state index in [0.717, 1.165) is 25.2 Å². The highest BCUT2D eigenvalue weighted by molar-refractivity contribution is 5.94. The molecule has 1 aliphatic rings. The van der Waals surface area contributed by atoms with E-state index in [1.54, 1.807) is 24.5 Å². The number of carbonyl (C=O) groups is 1.